The van der Waals surface area contributed by atoms with Gasteiger partial charge in [0.25, 0.3) is 5.91 Å². The summed E-state index contributed by atoms with van der Waals surface area (Å²) in [5, 5.41) is 5.79. The molecule has 33 heavy (non-hydrogen) atoms. The molecule has 0 aliphatic carbocycles. The third-order valence-electron chi connectivity index (χ3n) is 5.92. The van der Waals surface area contributed by atoms with Crippen LogP contribution < -0.4 is 10.6 Å². The van der Waals surface area contributed by atoms with Crippen molar-refractivity contribution in [1.29, 1.82) is 0 Å². The second kappa shape index (κ2) is 9.69. The Kier molecular flexibility index (Phi) is 6.54. The molecule has 0 radical (unpaired) electrons. The van der Waals surface area contributed by atoms with Crippen LogP contribution in [-0.2, 0) is 22.4 Å². The Bertz CT molecular complexity index is 1080. The summed E-state index contributed by atoms with van der Waals surface area (Å²) in [5.74, 6) is -0.771. The van der Waals surface area contributed by atoms with Crippen molar-refractivity contribution in [1.82, 2.24) is 15.5 Å². The van der Waals surface area contributed by atoms with Gasteiger partial charge in [0, 0.05) is 12.8 Å². The van der Waals surface area contributed by atoms with Crippen LogP contribution in [0.25, 0.3) is 0 Å². The fraction of sp³-hybridized carbons (Fsp3) is 0.222. The molecule has 1 aliphatic heterocycles. The van der Waals surface area contributed by atoms with Gasteiger partial charge in [-0.25, -0.2) is 4.79 Å². The molecule has 6 heteroatoms. The molecule has 2 N–H and O–H groups in total. The van der Waals surface area contributed by atoms with Gasteiger partial charge in [-0.1, -0.05) is 91.0 Å². The fourth-order valence-corrected chi connectivity index (χ4v) is 4.27. The summed E-state index contributed by atoms with van der Waals surface area (Å²) < 4.78 is 0. The second-order valence-corrected chi connectivity index (χ2v) is 8.43. The third-order valence-corrected chi connectivity index (χ3v) is 5.92. The van der Waals surface area contributed by atoms with Gasteiger partial charge in [0.05, 0.1) is 6.04 Å². The van der Waals surface area contributed by atoms with E-state index in [-0.39, 0.29) is 24.4 Å². The highest BCUT2D eigenvalue weighted by Crippen LogP contribution is 2.27. The van der Waals surface area contributed by atoms with E-state index in [1.807, 2.05) is 97.9 Å². The Morgan fingerprint density at radius 1 is 0.848 bits per heavy atom. The van der Waals surface area contributed by atoms with Crippen LogP contribution in [0.1, 0.15) is 29.7 Å². The van der Waals surface area contributed by atoms with Gasteiger partial charge in [-0.2, -0.15) is 0 Å². The molecule has 0 unspecified atom stereocenters. The van der Waals surface area contributed by atoms with E-state index in [2.05, 4.69) is 10.6 Å². The van der Waals surface area contributed by atoms with Crippen LogP contribution in [0.2, 0.25) is 0 Å². The quantitative estimate of drug-likeness (QED) is 0.524. The van der Waals surface area contributed by atoms with Crippen LogP contribution in [-0.4, -0.2) is 34.8 Å². The van der Waals surface area contributed by atoms with E-state index in [4.69, 9.17) is 0 Å². The van der Waals surface area contributed by atoms with E-state index < -0.39 is 11.6 Å². The zero-order valence-corrected chi connectivity index (χ0v) is 18.5. The lowest BCUT2D eigenvalue weighted by Crippen LogP contribution is -2.51. The Morgan fingerprint density at radius 2 is 1.33 bits per heavy atom. The molecule has 6 nitrogen and oxygen atoms in total. The van der Waals surface area contributed by atoms with Gasteiger partial charge in [-0.15, -0.1) is 0 Å². The van der Waals surface area contributed by atoms with Crippen LogP contribution in [0.4, 0.5) is 4.79 Å². The average Bonchev–Trinajstić information content (AvgIpc) is 3.04. The molecular formula is C27H27N3O3. The first-order chi connectivity index (χ1) is 16.0. The van der Waals surface area contributed by atoms with E-state index in [9.17, 15) is 14.4 Å². The highest BCUT2D eigenvalue weighted by Gasteiger charge is 2.51. The van der Waals surface area contributed by atoms with Gasteiger partial charge < -0.3 is 10.6 Å². The number of hydrogen-bond acceptors (Lipinski definition) is 3. The van der Waals surface area contributed by atoms with E-state index in [1.54, 1.807) is 0 Å². The maximum Gasteiger partial charge on any atom is 0.325 e. The normalized spacial score (nSPS) is 15.7. The van der Waals surface area contributed by atoms with Crippen molar-refractivity contribution in [2.24, 2.45) is 0 Å². The predicted octanol–water partition coefficient (Wildman–Crippen LogP) is 3.64. The Balaban J connectivity index is 1.53. The SMILES string of the molecule is C[C@H](NC(=O)CN1C(=O)NC(Cc2ccccc2)(Cc2ccccc2)C1=O)c1ccccc1. The highest BCUT2D eigenvalue weighted by atomic mass is 16.2. The lowest BCUT2D eigenvalue weighted by Gasteiger charge is -2.27. The van der Waals surface area contributed by atoms with Crippen LogP contribution in [0.15, 0.2) is 91.0 Å². The lowest BCUT2D eigenvalue weighted by molar-refractivity contribution is -0.135. The monoisotopic (exact) mass is 441 g/mol. The second-order valence-electron chi connectivity index (χ2n) is 8.43. The van der Waals surface area contributed by atoms with Crippen molar-refractivity contribution in [2.75, 3.05) is 6.54 Å². The zero-order valence-electron chi connectivity index (χ0n) is 18.5. The maximum absolute atomic E-state index is 13.6. The smallest absolute Gasteiger partial charge is 0.325 e. The number of urea groups is 1. The fourth-order valence-electron chi connectivity index (χ4n) is 4.27. The average molecular weight is 442 g/mol. The van der Waals surface area contributed by atoms with Crippen LogP contribution in [0.5, 0.6) is 0 Å². The number of hydrogen-bond donors (Lipinski definition) is 2. The van der Waals surface area contributed by atoms with E-state index in [0.29, 0.717) is 12.8 Å². The minimum atomic E-state index is -1.15. The third kappa shape index (κ3) is 5.12. The molecule has 0 bridgehead atoms. The summed E-state index contributed by atoms with van der Waals surface area (Å²) in [6, 6.07) is 27.9. The number of nitrogens with one attached hydrogen (secondary N) is 2. The number of amides is 4. The van der Waals surface area contributed by atoms with Gasteiger partial charge in [-0.3, -0.25) is 14.5 Å². The predicted molar refractivity (Wildman–Crippen MR) is 126 cm³/mol. The van der Waals surface area contributed by atoms with Crippen LogP contribution in [0, 0.1) is 0 Å². The van der Waals surface area contributed by atoms with Gasteiger partial charge in [0.15, 0.2) is 0 Å². The summed E-state index contributed by atoms with van der Waals surface area (Å²) in [6.45, 7) is 1.54. The van der Waals surface area contributed by atoms with E-state index in [0.717, 1.165) is 21.6 Å². The molecule has 0 aromatic heterocycles. The molecule has 1 aliphatic rings. The molecular weight excluding hydrogens is 414 g/mol. The molecule has 4 amide bonds. The zero-order chi connectivity index (χ0) is 23.3. The molecule has 168 valence electrons. The molecule has 1 heterocycles. The van der Waals surface area contributed by atoms with Crippen LogP contribution >= 0.6 is 0 Å². The number of nitrogens with zero attached hydrogens (tertiary/aromatic N) is 1. The summed E-state index contributed by atoms with van der Waals surface area (Å²) >= 11 is 0. The largest absolute Gasteiger partial charge is 0.348 e. The Hall–Kier alpha value is -3.93. The van der Waals surface area contributed by atoms with Crippen molar-refractivity contribution >= 4 is 17.8 Å². The van der Waals surface area contributed by atoms with Crippen molar-refractivity contribution in [2.45, 2.75) is 31.3 Å². The standard InChI is InChI=1S/C27H27N3O3/c1-20(23-15-9-4-10-16-23)28-24(31)19-30-25(32)27(29-26(30)33,17-21-11-5-2-6-12-21)18-22-13-7-3-8-14-22/h2-16,20H,17-19H2,1H3,(H,28,31)(H,29,33)/t20-/m0/s1. The first-order valence-corrected chi connectivity index (χ1v) is 11.0. The number of benzene rings is 3. The summed E-state index contributed by atoms with van der Waals surface area (Å²) in [6.07, 6.45) is 0.678. The van der Waals surface area contributed by atoms with Gasteiger partial charge in [-0.05, 0) is 23.6 Å². The topological polar surface area (TPSA) is 78.5 Å². The van der Waals surface area contributed by atoms with Crippen molar-refractivity contribution < 1.29 is 14.4 Å². The van der Waals surface area contributed by atoms with Crippen LogP contribution in [0.3, 0.4) is 0 Å². The number of rotatable bonds is 8. The van der Waals surface area contributed by atoms with Crippen molar-refractivity contribution in [3.8, 4) is 0 Å². The van der Waals surface area contributed by atoms with E-state index >= 15 is 0 Å². The lowest BCUT2D eigenvalue weighted by atomic mass is 9.84. The molecule has 0 spiro atoms. The summed E-state index contributed by atoms with van der Waals surface area (Å²) in [7, 11) is 0. The number of carbonyl (C=O) groups is 3. The van der Waals surface area contributed by atoms with Gasteiger partial charge in [0.1, 0.15) is 12.1 Å². The van der Waals surface area contributed by atoms with Crippen molar-refractivity contribution in [3.63, 3.8) is 0 Å². The molecule has 1 saturated heterocycles. The van der Waals surface area contributed by atoms with E-state index in [1.165, 1.54) is 0 Å². The molecule has 1 fully saturated rings. The first-order valence-electron chi connectivity index (χ1n) is 11.0. The highest BCUT2D eigenvalue weighted by molar-refractivity contribution is 6.09. The minimum absolute atomic E-state index is 0.238. The van der Waals surface area contributed by atoms with Crippen molar-refractivity contribution in [3.05, 3.63) is 108 Å². The molecule has 4 rings (SSSR count). The number of carbonyl (C=O) groups excluding carboxylic acids is 3. The minimum Gasteiger partial charge on any atom is -0.348 e. The molecule has 3 aromatic rings. The first kappa shape index (κ1) is 22.3. The Labute approximate surface area is 193 Å². The number of imide groups is 1. The molecule has 1 atom stereocenters. The summed E-state index contributed by atoms with van der Waals surface area (Å²) in [4.78, 5) is 40.2. The summed E-state index contributed by atoms with van der Waals surface area (Å²) in [5.41, 5.74) is 1.67. The Morgan fingerprint density at radius 3 is 1.85 bits per heavy atom. The molecule has 0 saturated carbocycles. The molecule has 3 aromatic carbocycles. The maximum atomic E-state index is 13.6. The van der Waals surface area contributed by atoms with Gasteiger partial charge in [0.2, 0.25) is 5.91 Å². The van der Waals surface area contributed by atoms with Gasteiger partial charge >= 0.3 is 6.03 Å².